The van der Waals surface area contributed by atoms with Gasteiger partial charge in [0, 0.05) is 16.8 Å². The summed E-state index contributed by atoms with van der Waals surface area (Å²) in [6, 6.07) is 6.14. The SMILES string of the molecule is CC(C)(C)N(C(=O)O)c1ccc(C(=O)Cl)cc1. The van der Waals surface area contributed by atoms with Crippen LogP contribution in [-0.2, 0) is 0 Å². The standard InChI is InChI=1S/C12H14ClNO3/c1-12(2,3)14(11(16)17)9-6-4-8(5-7-9)10(13)15/h4-7H,1-3H3,(H,16,17). The van der Waals surface area contributed by atoms with Crippen molar-refractivity contribution < 1.29 is 14.7 Å². The number of anilines is 1. The molecule has 92 valence electrons. The molecule has 0 heterocycles. The first kappa shape index (κ1) is 13.5. The molecule has 0 radical (unpaired) electrons. The molecule has 1 aromatic carbocycles. The minimum absolute atomic E-state index is 0.342. The van der Waals surface area contributed by atoms with E-state index in [0.717, 1.165) is 0 Å². The van der Waals surface area contributed by atoms with Crippen LogP contribution >= 0.6 is 11.6 Å². The maximum atomic E-state index is 11.2. The second-order valence-electron chi connectivity index (χ2n) is 4.61. The molecule has 0 spiro atoms. The van der Waals surface area contributed by atoms with E-state index in [-0.39, 0.29) is 0 Å². The zero-order chi connectivity index (χ0) is 13.2. The third kappa shape index (κ3) is 3.20. The molecule has 1 aromatic rings. The maximum absolute atomic E-state index is 11.2. The number of carboxylic acid groups (broad SMARTS) is 1. The summed E-state index contributed by atoms with van der Waals surface area (Å²) in [5, 5.41) is 8.61. The number of amides is 1. The van der Waals surface area contributed by atoms with Crippen LogP contribution in [0.1, 0.15) is 31.1 Å². The summed E-state index contributed by atoms with van der Waals surface area (Å²) in [6.45, 7) is 5.38. The van der Waals surface area contributed by atoms with Crippen LogP contribution in [0.5, 0.6) is 0 Å². The molecule has 0 aliphatic carbocycles. The van der Waals surface area contributed by atoms with Crippen molar-refractivity contribution in [3.05, 3.63) is 29.8 Å². The van der Waals surface area contributed by atoms with E-state index in [1.54, 1.807) is 32.9 Å². The van der Waals surface area contributed by atoms with Gasteiger partial charge in [0.2, 0.25) is 0 Å². The van der Waals surface area contributed by atoms with Crippen molar-refractivity contribution in [1.82, 2.24) is 0 Å². The topological polar surface area (TPSA) is 57.6 Å². The zero-order valence-corrected chi connectivity index (χ0v) is 10.7. The first-order valence-electron chi connectivity index (χ1n) is 5.06. The normalized spacial score (nSPS) is 11.1. The van der Waals surface area contributed by atoms with E-state index in [4.69, 9.17) is 11.6 Å². The first-order chi connectivity index (χ1) is 7.73. The Balaban J connectivity index is 3.13. The van der Waals surface area contributed by atoms with Crippen LogP contribution < -0.4 is 4.90 Å². The summed E-state index contributed by atoms with van der Waals surface area (Å²) in [6.07, 6.45) is -1.04. The molecule has 1 N–H and O–H groups in total. The summed E-state index contributed by atoms with van der Waals surface area (Å²) < 4.78 is 0. The zero-order valence-electron chi connectivity index (χ0n) is 9.90. The van der Waals surface area contributed by atoms with Gasteiger partial charge in [-0.25, -0.2) is 4.79 Å². The average molecular weight is 256 g/mol. The smallest absolute Gasteiger partial charge is 0.412 e. The van der Waals surface area contributed by atoms with E-state index in [9.17, 15) is 14.7 Å². The first-order valence-corrected chi connectivity index (χ1v) is 5.44. The molecule has 0 aromatic heterocycles. The number of benzene rings is 1. The summed E-state index contributed by atoms with van der Waals surface area (Å²) in [5.74, 6) is 0. The number of nitrogens with zero attached hydrogens (tertiary/aromatic N) is 1. The van der Waals surface area contributed by atoms with Crippen LogP contribution in [0.4, 0.5) is 10.5 Å². The maximum Gasteiger partial charge on any atom is 0.412 e. The molecule has 0 aliphatic rings. The van der Waals surface area contributed by atoms with E-state index in [1.165, 1.54) is 17.0 Å². The Kier molecular flexibility index (Phi) is 3.78. The number of hydrogen-bond acceptors (Lipinski definition) is 2. The lowest BCUT2D eigenvalue weighted by Gasteiger charge is -2.33. The van der Waals surface area contributed by atoms with Crippen LogP contribution in [0, 0.1) is 0 Å². The number of carbonyl (C=O) groups is 2. The molecule has 0 aliphatic heterocycles. The summed E-state index contributed by atoms with van der Waals surface area (Å²) in [4.78, 5) is 23.3. The van der Waals surface area contributed by atoms with E-state index in [0.29, 0.717) is 11.3 Å². The summed E-state index contributed by atoms with van der Waals surface area (Å²) in [7, 11) is 0. The Morgan fingerprint density at radius 3 is 1.94 bits per heavy atom. The van der Waals surface area contributed by atoms with Crippen LogP contribution in [0.15, 0.2) is 24.3 Å². The van der Waals surface area contributed by atoms with Gasteiger partial charge in [0.25, 0.3) is 5.24 Å². The highest BCUT2D eigenvalue weighted by molar-refractivity contribution is 6.67. The fourth-order valence-electron chi connectivity index (χ4n) is 1.53. The Bertz CT molecular complexity index is 434. The van der Waals surface area contributed by atoms with Gasteiger partial charge >= 0.3 is 6.09 Å². The fourth-order valence-corrected chi connectivity index (χ4v) is 1.65. The molecule has 0 unspecified atom stereocenters. The predicted molar refractivity (Wildman–Crippen MR) is 66.9 cm³/mol. The highest BCUT2D eigenvalue weighted by Gasteiger charge is 2.27. The minimum atomic E-state index is -1.04. The van der Waals surface area contributed by atoms with Crippen molar-refractivity contribution in [3.63, 3.8) is 0 Å². The van der Waals surface area contributed by atoms with E-state index in [2.05, 4.69) is 0 Å². The Labute approximate surface area is 105 Å². The molecule has 0 saturated carbocycles. The molecule has 0 bridgehead atoms. The van der Waals surface area contributed by atoms with Gasteiger partial charge in [-0.2, -0.15) is 0 Å². The lowest BCUT2D eigenvalue weighted by Crippen LogP contribution is -2.45. The third-order valence-electron chi connectivity index (χ3n) is 2.21. The minimum Gasteiger partial charge on any atom is -0.465 e. The highest BCUT2D eigenvalue weighted by atomic mass is 35.5. The monoisotopic (exact) mass is 255 g/mol. The van der Waals surface area contributed by atoms with Gasteiger partial charge in [0.15, 0.2) is 0 Å². The molecule has 5 heteroatoms. The van der Waals surface area contributed by atoms with Crippen LogP contribution in [0.3, 0.4) is 0 Å². The van der Waals surface area contributed by atoms with Gasteiger partial charge in [-0.3, -0.25) is 9.69 Å². The molecule has 1 amide bonds. The lowest BCUT2D eigenvalue weighted by atomic mass is 10.1. The highest BCUT2D eigenvalue weighted by Crippen LogP contribution is 2.24. The van der Waals surface area contributed by atoms with Crippen molar-refractivity contribution in [1.29, 1.82) is 0 Å². The van der Waals surface area contributed by atoms with E-state index >= 15 is 0 Å². The van der Waals surface area contributed by atoms with E-state index in [1.807, 2.05) is 0 Å². The Hall–Kier alpha value is -1.55. The number of hydrogen-bond donors (Lipinski definition) is 1. The van der Waals surface area contributed by atoms with Gasteiger partial charge in [0.1, 0.15) is 0 Å². The summed E-state index contributed by atoms with van der Waals surface area (Å²) >= 11 is 5.32. The number of carbonyl (C=O) groups excluding carboxylic acids is 1. The number of rotatable bonds is 2. The quantitative estimate of drug-likeness (QED) is 0.825. The molecule has 1 rings (SSSR count). The average Bonchev–Trinajstić information content (AvgIpc) is 2.15. The van der Waals surface area contributed by atoms with Crippen molar-refractivity contribution in [3.8, 4) is 0 Å². The van der Waals surface area contributed by atoms with Crippen LogP contribution in [0.25, 0.3) is 0 Å². The third-order valence-corrected chi connectivity index (χ3v) is 2.43. The van der Waals surface area contributed by atoms with Crippen molar-refractivity contribution in [2.24, 2.45) is 0 Å². The van der Waals surface area contributed by atoms with Gasteiger partial charge in [-0.1, -0.05) is 0 Å². The van der Waals surface area contributed by atoms with Gasteiger partial charge in [-0.15, -0.1) is 0 Å². The molecular formula is C12H14ClNO3. The Morgan fingerprint density at radius 2 is 1.65 bits per heavy atom. The fraction of sp³-hybridized carbons (Fsp3) is 0.333. The second-order valence-corrected chi connectivity index (χ2v) is 4.95. The van der Waals surface area contributed by atoms with Crippen molar-refractivity contribution in [2.75, 3.05) is 4.90 Å². The van der Waals surface area contributed by atoms with Crippen molar-refractivity contribution >= 4 is 28.6 Å². The van der Waals surface area contributed by atoms with Gasteiger partial charge in [0.05, 0.1) is 0 Å². The van der Waals surface area contributed by atoms with Gasteiger partial charge in [-0.05, 0) is 56.6 Å². The largest absolute Gasteiger partial charge is 0.465 e. The van der Waals surface area contributed by atoms with E-state index < -0.39 is 16.9 Å². The predicted octanol–water partition coefficient (Wildman–Crippen LogP) is 3.35. The van der Waals surface area contributed by atoms with Gasteiger partial charge < -0.3 is 5.11 Å². The lowest BCUT2D eigenvalue weighted by molar-refractivity contribution is 0.108. The van der Waals surface area contributed by atoms with Crippen LogP contribution in [-0.4, -0.2) is 22.0 Å². The molecule has 0 saturated heterocycles. The molecule has 17 heavy (non-hydrogen) atoms. The molecule has 0 atom stereocenters. The molecule has 0 fully saturated rings. The van der Waals surface area contributed by atoms with Crippen molar-refractivity contribution in [2.45, 2.75) is 26.3 Å². The Morgan fingerprint density at radius 1 is 1.18 bits per heavy atom. The molecule has 4 nitrogen and oxygen atoms in total. The molecular weight excluding hydrogens is 242 g/mol. The second kappa shape index (κ2) is 4.75. The summed E-state index contributed by atoms with van der Waals surface area (Å²) in [5.41, 5.74) is 0.291. The number of halogens is 1. The van der Waals surface area contributed by atoms with Crippen LogP contribution in [0.2, 0.25) is 0 Å².